The zero-order valence-corrected chi connectivity index (χ0v) is 25.4. The van der Waals surface area contributed by atoms with Crippen molar-refractivity contribution in [2.75, 3.05) is 44.7 Å². The Hall–Kier alpha value is -5.11. The summed E-state index contributed by atoms with van der Waals surface area (Å²) in [5.41, 5.74) is 2.66. The van der Waals surface area contributed by atoms with Crippen LogP contribution in [0, 0.1) is 6.92 Å². The van der Waals surface area contributed by atoms with Gasteiger partial charge in [0.1, 0.15) is 18.0 Å². The lowest BCUT2D eigenvalue weighted by Gasteiger charge is -2.31. The minimum Gasteiger partial charge on any atom is -0.495 e. The van der Waals surface area contributed by atoms with Crippen molar-refractivity contribution in [1.29, 1.82) is 0 Å². The molecule has 14 heteroatoms. The van der Waals surface area contributed by atoms with E-state index in [1.54, 1.807) is 30.3 Å². The quantitative estimate of drug-likeness (QED) is 0.214. The lowest BCUT2D eigenvalue weighted by molar-refractivity contribution is -0.859. The summed E-state index contributed by atoms with van der Waals surface area (Å²) in [5, 5.41) is 7.47. The Balaban J connectivity index is 1.50. The van der Waals surface area contributed by atoms with Gasteiger partial charge in [0.15, 0.2) is 0 Å². The molecule has 2 unspecified atom stereocenters. The molecule has 3 aromatic rings. The molecule has 1 fully saturated rings. The van der Waals surface area contributed by atoms with Crippen LogP contribution in [0.4, 0.5) is 29.3 Å². The van der Waals surface area contributed by atoms with Gasteiger partial charge < -0.3 is 30.2 Å². The van der Waals surface area contributed by atoms with Crippen molar-refractivity contribution < 1.29 is 51.0 Å². The van der Waals surface area contributed by atoms with E-state index in [-0.39, 0.29) is 54.4 Å². The first kappa shape index (κ1) is 33.8. The number of aryl methyl sites for hydroxylation is 1. The number of halogens is 3. The van der Waals surface area contributed by atoms with Gasteiger partial charge in [-0.2, -0.15) is 13.2 Å². The van der Waals surface area contributed by atoms with E-state index in [2.05, 4.69) is 15.4 Å². The number of alkyl halides is 3. The summed E-state index contributed by atoms with van der Waals surface area (Å²) < 4.78 is 54.5. The zero-order chi connectivity index (χ0) is 33.5. The second-order valence-corrected chi connectivity index (χ2v) is 10.8. The Morgan fingerprint density at radius 1 is 0.935 bits per heavy atom. The number of urea groups is 1. The first-order chi connectivity index (χ1) is 21.8. The Morgan fingerprint density at radius 3 is 2.28 bits per heavy atom. The number of esters is 1. The highest BCUT2D eigenvalue weighted by Crippen LogP contribution is 2.29. The summed E-state index contributed by atoms with van der Waals surface area (Å²) in [6.45, 7) is 1.61. The SMILES string of the molecule is COC(=O)c1ccc(OC[N+]2(C(=O)Cc3ccc(NC(=O)Nc4ccccc4C)c(OC)c3)CCC(NC(=O)C(F)(F)F)C2)cc1. The van der Waals surface area contributed by atoms with Crippen molar-refractivity contribution in [3.63, 3.8) is 0 Å². The van der Waals surface area contributed by atoms with Gasteiger partial charge in [-0.3, -0.25) is 4.79 Å². The maximum absolute atomic E-state index is 13.8. The third kappa shape index (κ3) is 8.33. The highest BCUT2D eigenvalue weighted by atomic mass is 19.4. The molecule has 0 bridgehead atoms. The monoisotopic (exact) mass is 643 g/mol. The minimum absolute atomic E-state index is 0.109. The van der Waals surface area contributed by atoms with Crippen LogP contribution in [0.2, 0.25) is 0 Å². The maximum Gasteiger partial charge on any atom is 0.471 e. The molecule has 1 heterocycles. The number of likely N-dealkylation sites (tertiary alicyclic amines) is 1. The minimum atomic E-state index is -5.07. The third-order valence-electron chi connectivity index (χ3n) is 7.61. The largest absolute Gasteiger partial charge is 0.495 e. The Bertz CT molecular complexity index is 1600. The van der Waals surface area contributed by atoms with Gasteiger partial charge in [-0.15, -0.1) is 0 Å². The van der Waals surface area contributed by atoms with Gasteiger partial charge in [0, 0.05) is 12.1 Å². The second kappa shape index (κ2) is 14.3. The average Bonchev–Trinajstić information content (AvgIpc) is 3.45. The lowest BCUT2D eigenvalue weighted by atomic mass is 10.1. The molecule has 0 aliphatic carbocycles. The predicted molar refractivity (Wildman–Crippen MR) is 161 cm³/mol. The van der Waals surface area contributed by atoms with Crippen LogP contribution in [0.25, 0.3) is 0 Å². The highest BCUT2D eigenvalue weighted by molar-refractivity contribution is 6.01. The van der Waals surface area contributed by atoms with Crippen molar-refractivity contribution in [2.45, 2.75) is 32.0 Å². The number of hydrogen-bond acceptors (Lipinski definition) is 7. The number of nitrogens with zero attached hydrogens (tertiary/aromatic N) is 1. The van der Waals surface area contributed by atoms with E-state index in [1.807, 2.05) is 24.4 Å². The van der Waals surface area contributed by atoms with Crippen LogP contribution in [0.1, 0.15) is 27.9 Å². The number of carbonyl (C=O) groups is 4. The van der Waals surface area contributed by atoms with Crippen molar-refractivity contribution in [2.24, 2.45) is 0 Å². The van der Waals surface area contributed by atoms with E-state index in [1.165, 1.54) is 38.5 Å². The molecule has 3 N–H and O–H groups in total. The fourth-order valence-electron chi connectivity index (χ4n) is 5.09. The number of anilines is 2. The molecule has 1 saturated heterocycles. The number of para-hydroxylation sites is 1. The molecule has 0 spiro atoms. The normalized spacial score (nSPS) is 17.5. The number of methoxy groups -OCH3 is 2. The molecule has 4 rings (SSSR count). The van der Waals surface area contributed by atoms with Crippen LogP contribution in [0.3, 0.4) is 0 Å². The van der Waals surface area contributed by atoms with Crippen molar-refractivity contribution >= 4 is 35.2 Å². The van der Waals surface area contributed by atoms with E-state index < -0.39 is 30.1 Å². The Morgan fingerprint density at radius 2 is 1.63 bits per heavy atom. The molecule has 1 aliphatic rings. The fourth-order valence-corrected chi connectivity index (χ4v) is 5.09. The summed E-state index contributed by atoms with van der Waals surface area (Å²) in [7, 11) is 2.66. The topological polar surface area (TPSA) is 132 Å². The molecule has 11 nitrogen and oxygen atoms in total. The molecule has 2 atom stereocenters. The summed E-state index contributed by atoms with van der Waals surface area (Å²) in [4.78, 5) is 49.9. The van der Waals surface area contributed by atoms with Gasteiger partial charge in [0.25, 0.3) is 0 Å². The Kier molecular flexibility index (Phi) is 10.5. The van der Waals surface area contributed by atoms with Crippen LogP contribution in [0.5, 0.6) is 11.5 Å². The van der Waals surface area contributed by atoms with Crippen LogP contribution in [0.15, 0.2) is 66.7 Å². The molecule has 4 amide bonds. The highest BCUT2D eigenvalue weighted by Gasteiger charge is 2.48. The number of nitrogens with one attached hydrogen (secondary N) is 3. The van der Waals surface area contributed by atoms with Crippen LogP contribution >= 0.6 is 0 Å². The van der Waals surface area contributed by atoms with E-state index in [0.29, 0.717) is 22.7 Å². The summed E-state index contributed by atoms with van der Waals surface area (Å²) >= 11 is 0. The number of benzene rings is 3. The predicted octanol–water partition coefficient (Wildman–Crippen LogP) is 4.81. The molecule has 46 heavy (non-hydrogen) atoms. The van der Waals surface area contributed by atoms with Crippen LogP contribution < -0.4 is 25.4 Å². The van der Waals surface area contributed by atoms with Crippen LogP contribution in [-0.2, 0) is 20.7 Å². The van der Waals surface area contributed by atoms with Gasteiger partial charge in [-0.1, -0.05) is 24.3 Å². The number of carbonyl (C=O) groups excluding carboxylic acids is 4. The van der Waals surface area contributed by atoms with E-state index in [4.69, 9.17) is 9.47 Å². The van der Waals surface area contributed by atoms with Crippen molar-refractivity contribution in [3.05, 3.63) is 83.4 Å². The van der Waals surface area contributed by atoms with Crippen molar-refractivity contribution in [1.82, 2.24) is 5.32 Å². The molecule has 244 valence electrons. The van der Waals surface area contributed by atoms with Gasteiger partial charge >= 0.3 is 30.0 Å². The number of quaternary nitrogens is 1. The Labute approximate surface area is 263 Å². The standard InChI is InChI=1S/C32H33F3N4O7/c1-20-6-4-5-7-25(20)37-31(43)38-26-13-8-21(16-27(26)44-2)17-28(40)39(15-14-23(18-39)36-30(42)32(33,34)35)19-46-24-11-9-22(10-12-24)29(41)45-3/h4-13,16,23H,14-15,17-19H2,1-3H3,(H2-,36,37,38,42,43)/p+1. The molecule has 0 radical (unpaired) electrons. The molecule has 0 saturated carbocycles. The lowest BCUT2D eigenvalue weighted by Crippen LogP contribution is -2.56. The van der Waals surface area contributed by atoms with E-state index in [9.17, 15) is 32.3 Å². The summed E-state index contributed by atoms with van der Waals surface area (Å²) in [5.74, 6) is -2.38. The van der Waals surface area contributed by atoms with Crippen LogP contribution in [-0.4, -0.2) is 74.6 Å². The molecule has 1 aliphatic heterocycles. The van der Waals surface area contributed by atoms with E-state index in [0.717, 1.165) is 5.56 Å². The van der Waals surface area contributed by atoms with E-state index >= 15 is 0 Å². The smallest absolute Gasteiger partial charge is 0.471 e. The molecule has 3 aromatic carbocycles. The fraction of sp³-hybridized carbons (Fsp3) is 0.312. The maximum atomic E-state index is 13.8. The first-order valence-corrected chi connectivity index (χ1v) is 14.2. The van der Waals surface area contributed by atoms with Gasteiger partial charge in [-0.05, 0) is 60.5 Å². The first-order valence-electron chi connectivity index (χ1n) is 14.2. The number of amides is 4. The molecular weight excluding hydrogens is 609 g/mol. The third-order valence-corrected chi connectivity index (χ3v) is 7.61. The van der Waals surface area contributed by atoms with Crippen molar-refractivity contribution in [3.8, 4) is 11.5 Å². The average molecular weight is 644 g/mol. The number of rotatable bonds is 10. The van der Waals surface area contributed by atoms with Gasteiger partial charge in [-0.25, -0.2) is 18.9 Å². The molecular formula is C32H34F3N4O7+. The molecule has 0 aromatic heterocycles. The zero-order valence-electron chi connectivity index (χ0n) is 25.4. The summed E-state index contributed by atoms with van der Waals surface area (Å²) in [6, 6.07) is 16.6. The number of hydrogen-bond donors (Lipinski definition) is 3. The second-order valence-electron chi connectivity index (χ2n) is 10.8. The number of ether oxygens (including phenoxy) is 3. The summed E-state index contributed by atoms with van der Waals surface area (Å²) in [6.07, 6.45) is -5.10. The van der Waals surface area contributed by atoms with Gasteiger partial charge in [0.2, 0.25) is 6.73 Å². The van der Waals surface area contributed by atoms with Gasteiger partial charge in [0.05, 0.1) is 44.5 Å².